The zero-order chi connectivity index (χ0) is 19.0. The van der Waals surface area contributed by atoms with Gasteiger partial charge in [-0.1, -0.05) is 36.0 Å². The number of carbonyl (C=O) groups is 1. The number of aliphatic hydroxyl groups excluding tert-OH is 1. The first kappa shape index (κ1) is 18.3. The summed E-state index contributed by atoms with van der Waals surface area (Å²) in [7, 11) is 0. The summed E-state index contributed by atoms with van der Waals surface area (Å²) in [5.41, 5.74) is 2.26. The summed E-state index contributed by atoms with van der Waals surface area (Å²) in [6.45, 7) is 0. The highest BCUT2D eigenvalue weighted by Gasteiger charge is 2.25. The van der Waals surface area contributed by atoms with Crippen LogP contribution < -0.4 is 5.32 Å². The average molecular weight is 405 g/mol. The number of nitrogens with zero attached hydrogens (tertiary/aromatic N) is 1. The van der Waals surface area contributed by atoms with Gasteiger partial charge in [0.05, 0.1) is 12.1 Å². The molecule has 1 aliphatic carbocycles. The third kappa shape index (κ3) is 3.95. The van der Waals surface area contributed by atoms with Gasteiger partial charge in [-0.05, 0) is 49.2 Å². The molecule has 4 rings (SSSR count). The number of carbonyl (C=O) groups excluding carboxylic acids is 1. The number of nitrogens with one attached hydrogen (secondary N) is 1. The van der Waals surface area contributed by atoms with E-state index in [-0.39, 0.29) is 11.9 Å². The van der Waals surface area contributed by atoms with Crippen molar-refractivity contribution in [2.45, 2.75) is 37.8 Å². The fourth-order valence-corrected chi connectivity index (χ4v) is 3.92. The molecule has 0 radical (unpaired) electrons. The molecule has 7 heteroatoms. The number of hydrogen-bond donors (Lipinski definition) is 2. The van der Waals surface area contributed by atoms with E-state index in [0.717, 1.165) is 25.7 Å². The van der Waals surface area contributed by atoms with Crippen molar-refractivity contribution in [3.05, 3.63) is 52.0 Å². The lowest BCUT2D eigenvalue weighted by Gasteiger charge is -2.28. The normalized spacial score (nSPS) is 20.0. The molecule has 2 atom stereocenters. The first-order valence-corrected chi connectivity index (χ1v) is 9.61. The largest absolute Gasteiger partial charge is 0.436 e. The Morgan fingerprint density at radius 1 is 1.11 bits per heavy atom. The monoisotopic (exact) mass is 404 g/mol. The summed E-state index contributed by atoms with van der Waals surface area (Å²) in [4.78, 5) is 17.0. The molecule has 1 amide bonds. The summed E-state index contributed by atoms with van der Waals surface area (Å²) in [5.74, 6) is 0.154. The molecule has 1 fully saturated rings. The van der Waals surface area contributed by atoms with Gasteiger partial charge >= 0.3 is 0 Å². The Morgan fingerprint density at radius 2 is 1.85 bits per heavy atom. The van der Waals surface area contributed by atoms with Crippen LogP contribution in [-0.2, 0) is 0 Å². The first-order chi connectivity index (χ1) is 13.0. The quantitative estimate of drug-likeness (QED) is 0.654. The second-order valence-corrected chi connectivity index (χ2v) is 7.66. The van der Waals surface area contributed by atoms with E-state index in [1.54, 1.807) is 36.4 Å². The molecule has 140 valence electrons. The number of aliphatic hydroxyl groups is 1. The van der Waals surface area contributed by atoms with Gasteiger partial charge in [0.1, 0.15) is 5.52 Å². The molecule has 0 unspecified atom stereocenters. The van der Waals surface area contributed by atoms with E-state index >= 15 is 0 Å². The molecule has 1 aliphatic rings. The third-order valence-corrected chi connectivity index (χ3v) is 5.24. The molecule has 5 nitrogen and oxygen atoms in total. The van der Waals surface area contributed by atoms with Crippen LogP contribution in [0.25, 0.3) is 22.6 Å². The number of hydrogen-bond acceptors (Lipinski definition) is 4. The summed E-state index contributed by atoms with van der Waals surface area (Å²) in [6, 6.07) is 9.96. The number of amides is 1. The van der Waals surface area contributed by atoms with Crippen molar-refractivity contribution in [2.24, 2.45) is 0 Å². The predicted molar refractivity (Wildman–Crippen MR) is 105 cm³/mol. The van der Waals surface area contributed by atoms with E-state index in [9.17, 15) is 9.90 Å². The van der Waals surface area contributed by atoms with Crippen LogP contribution >= 0.6 is 23.2 Å². The van der Waals surface area contributed by atoms with Crippen LogP contribution in [0.4, 0.5) is 0 Å². The number of oxazole rings is 1. The Kier molecular flexibility index (Phi) is 5.08. The van der Waals surface area contributed by atoms with E-state index in [0.29, 0.717) is 38.2 Å². The molecule has 0 aliphatic heterocycles. The van der Waals surface area contributed by atoms with Crippen LogP contribution in [0.5, 0.6) is 0 Å². The van der Waals surface area contributed by atoms with Gasteiger partial charge in [-0.15, -0.1) is 0 Å². The van der Waals surface area contributed by atoms with Crippen molar-refractivity contribution in [3.8, 4) is 11.5 Å². The molecule has 2 aromatic carbocycles. The predicted octanol–water partition coefficient (Wildman–Crippen LogP) is 4.83. The van der Waals surface area contributed by atoms with Crippen molar-refractivity contribution in [1.82, 2.24) is 10.3 Å². The van der Waals surface area contributed by atoms with Crippen molar-refractivity contribution in [3.63, 3.8) is 0 Å². The summed E-state index contributed by atoms with van der Waals surface area (Å²) >= 11 is 12.1. The van der Waals surface area contributed by atoms with E-state index in [1.165, 1.54) is 0 Å². The standard InChI is InChI=1S/C20H18Cl2N2O3/c21-13-7-12(8-14(22)10-13)20-24-16-6-5-11(9-18(16)27-20)19(26)23-15-3-1-2-4-17(15)25/h5-10,15,17,25H,1-4H2,(H,23,26)/t15-,17+/m0/s1. The molecule has 0 saturated heterocycles. The average Bonchev–Trinajstić information content (AvgIpc) is 3.06. The van der Waals surface area contributed by atoms with Crippen LogP contribution in [0, 0.1) is 0 Å². The lowest BCUT2D eigenvalue weighted by atomic mass is 9.92. The van der Waals surface area contributed by atoms with Gasteiger partial charge < -0.3 is 14.8 Å². The van der Waals surface area contributed by atoms with E-state index in [2.05, 4.69) is 10.3 Å². The molecule has 1 heterocycles. The van der Waals surface area contributed by atoms with Gasteiger partial charge in [0, 0.05) is 21.2 Å². The van der Waals surface area contributed by atoms with Crippen molar-refractivity contribution in [1.29, 1.82) is 0 Å². The number of benzene rings is 2. The maximum Gasteiger partial charge on any atom is 0.251 e. The van der Waals surface area contributed by atoms with Gasteiger partial charge in [-0.2, -0.15) is 0 Å². The Morgan fingerprint density at radius 3 is 2.59 bits per heavy atom. The molecule has 1 aromatic heterocycles. The van der Waals surface area contributed by atoms with E-state index in [1.807, 2.05) is 0 Å². The minimum Gasteiger partial charge on any atom is -0.436 e. The number of fused-ring (bicyclic) bond motifs is 1. The zero-order valence-corrected chi connectivity index (χ0v) is 15.9. The lowest BCUT2D eigenvalue weighted by molar-refractivity contribution is 0.0717. The van der Waals surface area contributed by atoms with Gasteiger partial charge in [-0.25, -0.2) is 4.98 Å². The second-order valence-electron chi connectivity index (χ2n) is 6.79. The smallest absolute Gasteiger partial charge is 0.251 e. The maximum atomic E-state index is 12.5. The highest BCUT2D eigenvalue weighted by atomic mass is 35.5. The van der Waals surface area contributed by atoms with Crippen LogP contribution in [-0.4, -0.2) is 28.1 Å². The number of halogens is 2. The Bertz CT molecular complexity index is 982. The molecule has 2 N–H and O–H groups in total. The van der Waals surface area contributed by atoms with Crippen molar-refractivity contribution >= 4 is 40.2 Å². The molecule has 0 spiro atoms. The van der Waals surface area contributed by atoms with E-state index in [4.69, 9.17) is 27.6 Å². The topological polar surface area (TPSA) is 75.4 Å². The molecule has 3 aromatic rings. The van der Waals surface area contributed by atoms with Crippen LogP contribution in [0.3, 0.4) is 0 Å². The number of aromatic nitrogens is 1. The maximum absolute atomic E-state index is 12.5. The number of rotatable bonds is 3. The summed E-state index contributed by atoms with van der Waals surface area (Å²) in [6.07, 6.45) is 3.02. The SMILES string of the molecule is O=C(N[C@H]1CCCC[C@H]1O)c1ccc2nc(-c3cc(Cl)cc(Cl)c3)oc2c1. The minimum atomic E-state index is -0.490. The molecule has 1 saturated carbocycles. The van der Waals surface area contributed by atoms with Gasteiger partial charge in [0.2, 0.25) is 5.89 Å². The Labute approximate surface area is 166 Å². The molecule has 27 heavy (non-hydrogen) atoms. The fraction of sp³-hybridized carbons (Fsp3) is 0.300. The van der Waals surface area contributed by atoms with Crippen LogP contribution in [0.15, 0.2) is 40.8 Å². The highest BCUT2D eigenvalue weighted by Crippen LogP contribution is 2.29. The Balaban J connectivity index is 1.59. The van der Waals surface area contributed by atoms with Gasteiger partial charge in [-0.3, -0.25) is 4.79 Å². The van der Waals surface area contributed by atoms with Crippen LogP contribution in [0.1, 0.15) is 36.0 Å². The van der Waals surface area contributed by atoms with E-state index < -0.39 is 6.10 Å². The third-order valence-electron chi connectivity index (χ3n) is 4.81. The second kappa shape index (κ2) is 7.50. The fourth-order valence-electron chi connectivity index (χ4n) is 3.40. The lowest BCUT2D eigenvalue weighted by Crippen LogP contribution is -2.45. The van der Waals surface area contributed by atoms with Crippen molar-refractivity contribution < 1.29 is 14.3 Å². The summed E-state index contributed by atoms with van der Waals surface area (Å²) < 4.78 is 5.81. The first-order valence-electron chi connectivity index (χ1n) is 8.85. The molecular formula is C20H18Cl2N2O3. The van der Waals surface area contributed by atoms with Gasteiger partial charge in [0.15, 0.2) is 5.58 Å². The summed E-state index contributed by atoms with van der Waals surface area (Å²) in [5, 5.41) is 13.9. The minimum absolute atomic E-state index is 0.208. The zero-order valence-electron chi connectivity index (χ0n) is 14.4. The molecular weight excluding hydrogens is 387 g/mol. The highest BCUT2D eigenvalue weighted by molar-refractivity contribution is 6.35. The Hall–Kier alpha value is -2.08. The van der Waals surface area contributed by atoms with Crippen molar-refractivity contribution in [2.75, 3.05) is 0 Å². The van der Waals surface area contributed by atoms with Crippen LogP contribution in [0.2, 0.25) is 10.0 Å². The molecule has 0 bridgehead atoms. The van der Waals surface area contributed by atoms with Gasteiger partial charge in [0.25, 0.3) is 5.91 Å².